The van der Waals surface area contributed by atoms with Gasteiger partial charge >= 0.3 is 0 Å². The third-order valence-electron chi connectivity index (χ3n) is 5.15. The molecule has 5 nitrogen and oxygen atoms in total. The van der Waals surface area contributed by atoms with Gasteiger partial charge in [-0.05, 0) is 50.9 Å². The quantitative estimate of drug-likeness (QED) is 0.869. The third kappa shape index (κ3) is 2.84. The molecule has 0 radical (unpaired) electrons. The topological polar surface area (TPSA) is 53.8 Å². The van der Waals surface area contributed by atoms with E-state index in [1.807, 2.05) is 11.0 Å². The number of hydrogen-bond donors (Lipinski definition) is 0. The lowest BCUT2D eigenvalue weighted by Crippen LogP contribution is -2.42. The van der Waals surface area contributed by atoms with Gasteiger partial charge in [0.1, 0.15) is 5.58 Å². The van der Waals surface area contributed by atoms with Crippen LogP contribution in [-0.4, -0.2) is 47.9 Å². The molecule has 126 valence electrons. The van der Waals surface area contributed by atoms with Gasteiger partial charge in [0.05, 0.1) is 5.39 Å². The first-order valence-electron chi connectivity index (χ1n) is 8.78. The third-order valence-corrected chi connectivity index (χ3v) is 5.15. The summed E-state index contributed by atoms with van der Waals surface area (Å²) in [6.45, 7) is 3.94. The van der Waals surface area contributed by atoms with Crippen LogP contribution in [0.1, 0.15) is 36.2 Å². The molecule has 4 rings (SSSR count). The highest BCUT2D eigenvalue weighted by Gasteiger charge is 2.32. The molecule has 0 N–H and O–H groups in total. The average Bonchev–Trinajstić information content (AvgIpc) is 3.26. The summed E-state index contributed by atoms with van der Waals surface area (Å²) in [7, 11) is 0. The fraction of sp³-hybridized carbons (Fsp3) is 0.474. The predicted octanol–water partition coefficient (Wildman–Crippen LogP) is 2.49. The minimum absolute atomic E-state index is 0.153. The zero-order chi connectivity index (χ0) is 16.5. The van der Waals surface area contributed by atoms with Crippen molar-refractivity contribution in [2.24, 2.45) is 0 Å². The van der Waals surface area contributed by atoms with Crippen molar-refractivity contribution in [1.29, 1.82) is 0 Å². The van der Waals surface area contributed by atoms with Gasteiger partial charge in [0, 0.05) is 25.2 Å². The summed E-state index contributed by atoms with van der Waals surface area (Å²) in [5, 5.41) is 0.518. The Morgan fingerprint density at radius 3 is 2.75 bits per heavy atom. The van der Waals surface area contributed by atoms with E-state index in [1.54, 1.807) is 18.2 Å². The van der Waals surface area contributed by atoms with Crippen LogP contribution in [0.3, 0.4) is 0 Å². The van der Waals surface area contributed by atoms with E-state index in [2.05, 4.69) is 4.90 Å². The molecule has 1 aromatic heterocycles. The molecule has 5 heteroatoms. The standard InChI is InChI=1S/C19H22N2O3/c22-16-12-18(24-17-8-2-1-7-15(16)17)19(23)21-11-5-6-14(21)13-20-9-3-4-10-20/h1-2,7-8,12,14H,3-6,9-11,13H2. The smallest absolute Gasteiger partial charge is 0.290 e. The molecular weight excluding hydrogens is 304 g/mol. The molecule has 24 heavy (non-hydrogen) atoms. The second kappa shape index (κ2) is 6.40. The number of nitrogens with zero attached hydrogens (tertiary/aromatic N) is 2. The van der Waals surface area contributed by atoms with Crippen LogP contribution in [0.2, 0.25) is 0 Å². The maximum absolute atomic E-state index is 12.9. The highest BCUT2D eigenvalue weighted by atomic mass is 16.3. The van der Waals surface area contributed by atoms with Crippen molar-refractivity contribution in [3.8, 4) is 0 Å². The van der Waals surface area contributed by atoms with Gasteiger partial charge in [-0.2, -0.15) is 0 Å². The molecular formula is C19H22N2O3. The van der Waals surface area contributed by atoms with Gasteiger partial charge in [-0.25, -0.2) is 0 Å². The first-order valence-corrected chi connectivity index (χ1v) is 8.78. The van der Waals surface area contributed by atoms with E-state index in [0.29, 0.717) is 11.0 Å². The van der Waals surface area contributed by atoms with Crippen molar-refractivity contribution in [3.05, 3.63) is 46.3 Å². The number of likely N-dealkylation sites (tertiary alicyclic amines) is 2. The van der Waals surface area contributed by atoms with E-state index in [0.717, 1.165) is 39.0 Å². The molecule has 0 bridgehead atoms. The summed E-state index contributed by atoms with van der Waals surface area (Å²) in [6, 6.07) is 8.64. The second-order valence-electron chi connectivity index (χ2n) is 6.77. The van der Waals surface area contributed by atoms with Crippen LogP contribution in [0.25, 0.3) is 11.0 Å². The SMILES string of the molecule is O=C(c1cc(=O)c2ccccc2o1)N1CCCC1CN1CCCC1. The Balaban J connectivity index is 1.59. The number of hydrogen-bond acceptors (Lipinski definition) is 4. The van der Waals surface area contributed by atoms with Gasteiger partial charge in [-0.1, -0.05) is 12.1 Å². The van der Waals surface area contributed by atoms with Crippen LogP contribution in [-0.2, 0) is 0 Å². The Bertz CT molecular complexity index is 808. The van der Waals surface area contributed by atoms with E-state index in [9.17, 15) is 9.59 Å². The minimum Gasteiger partial charge on any atom is -0.451 e. The summed E-state index contributed by atoms with van der Waals surface area (Å²) in [6.07, 6.45) is 4.54. The highest BCUT2D eigenvalue weighted by molar-refractivity contribution is 5.93. The average molecular weight is 326 g/mol. The largest absolute Gasteiger partial charge is 0.451 e. The van der Waals surface area contributed by atoms with E-state index < -0.39 is 0 Å². The Kier molecular flexibility index (Phi) is 4.10. The zero-order valence-corrected chi connectivity index (χ0v) is 13.7. The van der Waals surface area contributed by atoms with Crippen LogP contribution in [0, 0.1) is 0 Å². The van der Waals surface area contributed by atoms with Crippen LogP contribution in [0.4, 0.5) is 0 Å². The number of benzene rings is 1. The van der Waals surface area contributed by atoms with Crippen LogP contribution >= 0.6 is 0 Å². The lowest BCUT2D eigenvalue weighted by atomic mass is 10.2. The molecule has 1 atom stereocenters. The molecule has 2 aliphatic heterocycles. The lowest BCUT2D eigenvalue weighted by Gasteiger charge is -2.28. The highest BCUT2D eigenvalue weighted by Crippen LogP contribution is 2.23. The fourth-order valence-electron chi connectivity index (χ4n) is 3.91. The zero-order valence-electron chi connectivity index (χ0n) is 13.7. The van der Waals surface area contributed by atoms with Gasteiger partial charge in [0.2, 0.25) is 0 Å². The summed E-state index contributed by atoms with van der Waals surface area (Å²) < 4.78 is 5.73. The van der Waals surface area contributed by atoms with Crippen LogP contribution in [0.5, 0.6) is 0 Å². The van der Waals surface area contributed by atoms with Gasteiger partial charge in [-0.3, -0.25) is 9.59 Å². The van der Waals surface area contributed by atoms with Crippen molar-refractivity contribution in [1.82, 2.24) is 9.80 Å². The molecule has 1 amide bonds. The van der Waals surface area contributed by atoms with Gasteiger partial charge in [-0.15, -0.1) is 0 Å². The number of fused-ring (bicyclic) bond motifs is 1. The van der Waals surface area contributed by atoms with E-state index in [1.165, 1.54) is 18.9 Å². The summed E-state index contributed by atoms with van der Waals surface area (Å²) in [4.78, 5) is 29.5. The molecule has 2 fully saturated rings. The molecule has 2 aliphatic rings. The van der Waals surface area contributed by atoms with Crippen molar-refractivity contribution in [3.63, 3.8) is 0 Å². The lowest BCUT2D eigenvalue weighted by molar-refractivity contribution is 0.0677. The summed E-state index contributed by atoms with van der Waals surface area (Å²) >= 11 is 0. The van der Waals surface area contributed by atoms with Crippen LogP contribution < -0.4 is 5.43 Å². The second-order valence-corrected chi connectivity index (χ2v) is 6.77. The number of carbonyl (C=O) groups is 1. The molecule has 1 aromatic carbocycles. The normalized spacial score (nSPS) is 21.7. The predicted molar refractivity (Wildman–Crippen MR) is 92.2 cm³/mol. The Hall–Kier alpha value is -2.14. The molecule has 2 saturated heterocycles. The van der Waals surface area contributed by atoms with E-state index in [-0.39, 0.29) is 23.1 Å². The Labute approximate surface area is 140 Å². The number of rotatable bonds is 3. The number of amides is 1. The maximum Gasteiger partial charge on any atom is 0.290 e. The first kappa shape index (κ1) is 15.4. The van der Waals surface area contributed by atoms with E-state index >= 15 is 0 Å². The molecule has 2 aromatic rings. The molecule has 1 unspecified atom stereocenters. The number of carbonyl (C=O) groups excluding carboxylic acids is 1. The van der Waals surface area contributed by atoms with Gasteiger partial charge in [0.15, 0.2) is 11.2 Å². The number of para-hydroxylation sites is 1. The molecule has 0 spiro atoms. The van der Waals surface area contributed by atoms with E-state index in [4.69, 9.17) is 4.42 Å². The Morgan fingerprint density at radius 1 is 1.12 bits per heavy atom. The van der Waals surface area contributed by atoms with Crippen molar-refractivity contribution in [2.75, 3.05) is 26.2 Å². The Morgan fingerprint density at radius 2 is 1.92 bits per heavy atom. The van der Waals surface area contributed by atoms with Gasteiger partial charge < -0.3 is 14.2 Å². The first-order chi connectivity index (χ1) is 11.7. The summed E-state index contributed by atoms with van der Waals surface area (Å²) in [5.41, 5.74) is 0.319. The molecule has 0 aliphatic carbocycles. The molecule has 3 heterocycles. The van der Waals surface area contributed by atoms with Crippen LogP contribution in [0.15, 0.2) is 39.5 Å². The fourth-order valence-corrected chi connectivity index (χ4v) is 3.91. The monoisotopic (exact) mass is 326 g/mol. The maximum atomic E-state index is 12.9. The van der Waals surface area contributed by atoms with Crippen molar-refractivity contribution >= 4 is 16.9 Å². The minimum atomic E-state index is -0.157. The van der Waals surface area contributed by atoms with Crippen molar-refractivity contribution < 1.29 is 9.21 Å². The summed E-state index contributed by atoms with van der Waals surface area (Å²) in [5.74, 6) is 0.00609. The van der Waals surface area contributed by atoms with Gasteiger partial charge in [0.25, 0.3) is 5.91 Å². The molecule has 0 saturated carbocycles. The van der Waals surface area contributed by atoms with Crippen molar-refractivity contribution in [2.45, 2.75) is 31.7 Å².